The van der Waals surface area contributed by atoms with Crippen LogP contribution in [0.1, 0.15) is 127 Å². The first kappa shape index (κ1) is 54.1. The second-order valence-corrected chi connectivity index (χ2v) is 23.4. The first-order valence-electron chi connectivity index (χ1n) is 26.7. The number of methoxy groups -OCH3 is 1. The number of esters is 2. The summed E-state index contributed by atoms with van der Waals surface area (Å²) in [6, 6.07) is 5.39. The summed E-state index contributed by atoms with van der Waals surface area (Å²) in [5.74, 6) is -4.32. The van der Waals surface area contributed by atoms with Crippen LogP contribution in [0.4, 0.5) is 0 Å². The molecule has 12 atom stereocenters. The van der Waals surface area contributed by atoms with E-state index in [1.165, 1.54) is 36.9 Å². The predicted octanol–water partition coefficient (Wildman–Crippen LogP) is 7.21. The summed E-state index contributed by atoms with van der Waals surface area (Å²) in [5, 5.41) is 22.1. The summed E-state index contributed by atoms with van der Waals surface area (Å²) in [6.45, 7) is 20.9. The molecule has 17 nitrogen and oxygen atoms in total. The number of ether oxygens (including phenoxy) is 10. The van der Waals surface area contributed by atoms with Crippen LogP contribution in [0.3, 0.4) is 0 Å². The molecule has 6 heterocycles. The summed E-state index contributed by atoms with van der Waals surface area (Å²) in [4.78, 5) is 62.3. The molecule has 3 saturated carbocycles. The van der Waals surface area contributed by atoms with Crippen molar-refractivity contribution in [3.05, 3.63) is 87.5 Å². The molecule has 2 N–H and O–H groups in total. The lowest BCUT2D eigenvalue weighted by atomic mass is 9.44. The number of carbonyl (C=O) groups excluding carboxylic acids is 4. The second kappa shape index (κ2) is 19.9. The number of morpholine rings is 1. The van der Waals surface area contributed by atoms with E-state index in [4.69, 9.17) is 47.4 Å². The van der Waals surface area contributed by atoms with Crippen molar-refractivity contribution in [1.29, 1.82) is 0 Å². The van der Waals surface area contributed by atoms with Gasteiger partial charge in [-0.2, -0.15) is 0 Å². The van der Waals surface area contributed by atoms with E-state index in [-0.39, 0.29) is 65.0 Å². The van der Waals surface area contributed by atoms with Crippen LogP contribution in [0.5, 0.6) is 23.0 Å². The SMILES string of the molecule is COC(=O)C(C)=CCC12OC(C)(C)C3CC(C1=O)C(N1CCOCC1)C1C(=O)c4c(OC(=O)c5ccc(O[C@@H]6O[C@@H]7COC(C)(C)O[C@H]7[C@@H](O)[C@H]6O)cc5)c5c(c(CC=C(C)C)c4OC132)OC(C)(CCC=C(C)C)C=C5. The van der Waals surface area contributed by atoms with Gasteiger partial charge in [0.05, 0.1) is 49.6 Å². The van der Waals surface area contributed by atoms with E-state index in [1.54, 1.807) is 26.8 Å². The Morgan fingerprint density at radius 2 is 1.61 bits per heavy atom. The van der Waals surface area contributed by atoms with Crippen LogP contribution in [0.2, 0.25) is 0 Å². The lowest BCUT2D eigenvalue weighted by Gasteiger charge is -2.64. The maximum atomic E-state index is 16.7. The largest absolute Gasteiger partial charge is 0.482 e. The van der Waals surface area contributed by atoms with E-state index in [0.29, 0.717) is 62.4 Å². The van der Waals surface area contributed by atoms with E-state index in [1.807, 2.05) is 66.7 Å². The summed E-state index contributed by atoms with van der Waals surface area (Å²) < 4.78 is 63.3. The minimum absolute atomic E-state index is 0.0439. The molecular formula is C59H73NO16. The van der Waals surface area contributed by atoms with Gasteiger partial charge in [0.25, 0.3) is 0 Å². The first-order valence-corrected chi connectivity index (χ1v) is 26.7. The molecule has 2 aromatic rings. The molecule has 7 unspecified atom stereocenters. The zero-order chi connectivity index (χ0) is 54.4. The fourth-order valence-corrected chi connectivity index (χ4v) is 13.2. The monoisotopic (exact) mass is 1050 g/mol. The smallest absolute Gasteiger partial charge is 0.343 e. The summed E-state index contributed by atoms with van der Waals surface area (Å²) >= 11 is 0. The summed E-state index contributed by atoms with van der Waals surface area (Å²) in [6.07, 6.45) is 5.91. The summed E-state index contributed by atoms with van der Waals surface area (Å²) in [7, 11) is 1.30. The van der Waals surface area contributed by atoms with Crippen LogP contribution in [0, 0.1) is 17.8 Å². The topological polar surface area (TPSA) is 204 Å². The van der Waals surface area contributed by atoms with Gasteiger partial charge < -0.3 is 57.6 Å². The van der Waals surface area contributed by atoms with Gasteiger partial charge in [-0.15, -0.1) is 0 Å². The molecular weight excluding hydrogens is 979 g/mol. The normalized spacial score (nSPS) is 34.6. The molecule has 1 spiro atoms. The Hall–Kier alpha value is -5.24. The van der Waals surface area contributed by atoms with Gasteiger partial charge >= 0.3 is 11.9 Å². The van der Waals surface area contributed by atoms with E-state index in [0.717, 1.165) is 5.57 Å². The van der Waals surface area contributed by atoms with Crippen molar-refractivity contribution in [3.63, 3.8) is 0 Å². The van der Waals surface area contributed by atoms with E-state index in [9.17, 15) is 19.8 Å². The Labute approximate surface area is 444 Å². The number of allylic oxidation sites excluding steroid dienone is 4. The molecule has 0 amide bonds. The maximum absolute atomic E-state index is 16.7. The summed E-state index contributed by atoms with van der Waals surface area (Å²) in [5.41, 5.74) is -1.60. The molecule has 0 aromatic heterocycles. The molecule has 2 aromatic carbocycles. The highest BCUT2D eigenvalue weighted by molar-refractivity contribution is 6.11. The lowest BCUT2D eigenvalue weighted by Crippen LogP contribution is -2.82. The van der Waals surface area contributed by atoms with Crippen LogP contribution in [-0.4, -0.2) is 144 Å². The Kier molecular flexibility index (Phi) is 14.2. The van der Waals surface area contributed by atoms with Crippen molar-refractivity contribution in [1.82, 2.24) is 4.90 Å². The van der Waals surface area contributed by atoms with E-state index >= 15 is 9.59 Å². The molecule has 76 heavy (non-hydrogen) atoms. The maximum Gasteiger partial charge on any atom is 0.343 e. The molecule has 410 valence electrons. The first-order chi connectivity index (χ1) is 35.9. The van der Waals surface area contributed by atoms with Crippen molar-refractivity contribution in [2.75, 3.05) is 40.0 Å². The van der Waals surface area contributed by atoms with Crippen molar-refractivity contribution in [3.8, 4) is 23.0 Å². The van der Waals surface area contributed by atoms with E-state index < -0.39 is 94.6 Å². The third-order valence-electron chi connectivity index (χ3n) is 16.9. The molecule has 0 radical (unpaired) electrons. The van der Waals surface area contributed by atoms with Gasteiger partial charge in [-0.05, 0) is 131 Å². The fourth-order valence-electron chi connectivity index (χ4n) is 13.2. The van der Waals surface area contributed by atoms with Crippen molar-refractivity contribution in [2.24, 2.45) is 17.8 Å². The number of Topliss-reactive ketones (excluding diaryl/α,β-unsaturated/α-hetero) is 2. The quantitative estimate of drug-likeness (QED) is 0.0880. The average Bonchev–Trinajstić information content (AvgIpc) is 2.62. The number of hydrogen-bond acceptors (Lipinski definition) is 17. The second-order valence-electron chi connectivity index (χ2n) is 23.4. The van der Waals surface area contributed by atoms with Gasteiger partial charge in [-0.1, -0.05) is 29.4 Å². The Bertz CT molecular complexity index is 2790. The Morgan fingerprint density at radius 1 is 0.895 bits per heavy atom. The minimum Gasteiger partial charge on any atom is -0.482 e. The molecule has 9 aliphatic rings. The molecule has 4 bridgehead atoms. The van der Waals surface area contributed by atoms with Gasteiger partial charge in [-0.25, -0.2) is 9.59 Å². The number of carbonyl (C=O) groups is 4. The number of benzene rings is 2. The third-order valence-corrected chi connectivity index (χ3v) is 16.9. The van der Waals surface area contributed by atoms with Gasteiger partial charge in [0.2, 0.25) is 6.29 Å². The van der Waals surface area contributed by atoms with Crippen LogP contribution in [0.15, 0.2) is 65.3 Å². The Morgan fingerprint density at radius 3 is 2.29 bits per heavy atom. The standard InChI is InChI=1S/C59H73NO16/c1-31(2)13-12-22-57(10)23-21-37-47(74-57)36(19-14-32(3)4)49-41(48(37)72-53(66)34-15-17-35(18-16-34)70-54-46(63)45(62)50-39(71-54)30-69-56(8,9)73-50)44(61)42-43(60-25-27-68-28-26-60)38-29-40-55(6,7)76-58(51(38)64,59(40,42)75-49)24-20-33(5)52(65)67-11/h13-18,20-21,23,38-40,42-43,45-46,50,54,62-63H,12,19,22,24-30H2,1-11H3/t38?,39-,40?,42?,43?,45+,46-,50-,54-,57?,58?,59?/m1/s1. The fraction of sp³-hybridized carbons (Fsp3) is 0.593. The molecule has 4 saturated heterocycles. The number of aliphatic hydroxyl groups excluding tert-OH is 2. The zero-order valence-electron chi connectivity index (χ0n) is 45.5. The van der Waals surface area contributed by atoms with Crippen LogP contribution in [-0.2, 0) is 44.4 Å². The molecule has 7 fully saturated rings. The number of fused-ring (bicyclic) bond motifs is 3. The molecule has 3 aliphatic carbocycles. The van der Waals surface area contributed by atoms with Gasteiger partial charge in [0.15, 0.2) is 34.3 Å². The highest BCUT2D eigenvalue weighted by atomic mass is 16.8. The highest BCUT2D eigenvalue weighted by Crippen LogP contribution is 2.71. The number of aliphatic hydroxyl groups is 2. The van der Waals surface area contributed by atoms with Crippen LogP contribution in [0.25, 0.3) is 6.08 Å². The molecule has 6 aliphatic heterocycles. The van der Waals surface area contributed by atoms with E-state index in [2.05, 4.69) is 11.0 Å². The average molecular weight is 1050 g/mol. The van der Waals surface area contributed by atoms with Gasteiger partial charge in [0, 0.05) is 48.5 Å². The predicted molar refractivity (Wildman–Crippen MR) is 276 cm³/mol. The van der Waals surface area contributed by atoms with Crippen molar-refractivity contribution < 1.29 is 76.8 Å². The molecule has 11 rings (SSSR count). The van der Waals surface area contributed by atoms with Crippen molar-refractivity contribution >= 4 is 29.6 Å². The number of ketones is 2. The van der Waals surface area contributed by atoms with Crippen molar-refractivity contribution in [2.45, 2.75) is 166 Å². The number of rotatable bonds is 13. The Balaban J connectivity index is 1.11. The zero-order valence-corrected chi connectivity index (χ0v) is 45.5. The van der Waals surface area contributed by atoms with Gasteiger partial charge in [-0.3, -0.25) is 14.5 Å². The number of hydrogen-bond donors (Lipinski definition) is 2. The van der Waals surface area contributed by atoms with Crippen LogP contribution >= 0.6 is 0 Å². The third kappa shape index (κ3) is 9.05. The highest BCUT2D eigenvalue weighted by Gasteiger charge is 2.86. The van der Waals surface area contributed by atoms with Gasteiger partial charge in [0.1, 0.15) is 52.8 Å². The lowest BCUT2D eigenvalue weighted by molar-refractivity contribution is -0.373. The molecule has 17 heteroatoms. The number of nitrogens with zero attached hydrogens (tertiary/aromatic N) is 1. The minimum atomic E-state index is -1.72. The van der Waals surface area contributed by atoms with Crippen LogP contribution < -0.4 is 18.9 Å².